The highest BCUT2D eigenvalue weighted by molar-refractivity contribution is 7.92. The van der Waals surface area contributed by atoms with Crippen molar-refractivity contribution >= 4 is 33.3 Å². The second-order valence-electron chi connectivity index (χ2n) is 3.89. The molecule has 19 heavy (non-hydrogen) atoms. The average molecular weight is 308 g/mol. The van der Waals surface area contributed by atoms with Gasteiger partial charge in [-0.05, 0) is 25.1 Å². The zero-order valence-corrected chi connectivity index (χ0v) is 12.2. The molecule has 0 heterocycles. The smallest absolute Gasteiger partial charge is 0.327 e. The van der Waals surface area contributed by atoms with Gasteiger partial charge < -0.3 is 9.84 Å². The lowest BCUT2D eigenvalue weighted by atomic mass is 10.2. The van der Waals surface area contributed by atoms with Gasteiger partial charge in [-0.3, -0.25) is 4.31 Å². The van der Waals surface area contributed by atoms with E-state index in [-0.39, 0.29) is 16.5 Å². The third kappa shape index (κ3) is 3.51. The van der Waals surface area contributed by atoms with E-state index in [4.69, 9.17) is 21.4 Å². The molecule has 1 atom stereocenters. The fourth-order valence-corrected chi connectivity index (χ4v) is 2.94. The number of ether oxygens (including phenoxy) is 1. The van der Waals surface area contributed by atoms with Crippen LogP contribution in [0.4, 0.5) is 5.69 Å². The van der Waals surface area contributed by atoms with Crippen LogP contribution < -0.4 is 9.04 Å². The molecular formula is C11H14ClNO5S. The minimum Gasteiger partial charge on any atom is -0.495 e. The van der Waals surface area contributed by atoms with Crippen LogP contribution in [0.1, 0.15) is 6.92 Å². The van der Waals surface area contributed by atoms with Gasteiger partial charge in [-0.2, -0.15) is 0 Å². The Kier molecular flexibility index (Phi) is 4.65. The summed E-state index contributed by atoms with van der Waals surface area (Å²) in [5.41, 5.74) is 0.0902. The molecule has 1 rings (SSSR count). The maximum Gasteiger partial charge on any atom is 0.327 e. The first-order valence-electron chi connectivity index (χ1n) is 5.24. The van der Waals surface area contributed by atoms with Crippen molar-refractivity contribution in [1.29, 1.82) is 0 Å². The van der Waals surface area contributed by atoms with E-state index >= 15 is 0 Å². The van der Waals surface area contributed by atoms with Gasteiger partial charge in [0.2, 0.25) is 10.0 Å². The molecule has 0 spiro atoms. The number of carbonyl (C=O) groups is 1. The molecule has 0 bridgehead atoms. The van der Waals surface area contributed by atoms with Crippen LogP contribution in [0.15, 0.2) is 18.2 Å². The molecule has 0 aliphatic heterocycles. The summed E-state index contributed by atoms with van der Waals surface area (Å²) in [5.74, 6) is -1.05. The van der Waals surface area contributed by atoms with Crippen LogP contribution in [-0.2, 0) is 14.8 Å². The third-order valence-corrected chi connectivity index (χ3v) is 3.91. The first-order valence-corrected chi connectivity index (χ1v) is 7.47. The van der Waals surface area contributed by atoms with Crippen LogP contribution in [0.2, 0.25) is 5.02 Å². The molecule has 0 fully saturated rings. The number of halogens is 1. The van der Waals surface area contributed by atoms with E-state index in [1.54, 1.807) is 0 Å². The zero-order chi connectivity index (χ0) is 14.8. The minimum atomic E-state index is -3.80. The van der Waals surface area contributed by atoms with Crippen molar-refractivity contribution in [3.63, 3.8) is 0 Å². The van der Waals surface area contributed by atoms with Gasteiger partial charge in [0, 0.05) is 5.02 Å². The predicted octanol–water partition coefficient (Wildman–Crippen LogP) is 1.59. The second-order valence-corrected chi connectivity index (χ2v) is 6.19. The largest absolute Gasteiger partial charge is 0.495 e. The molecule has 0 aromatic heterocycles. The summed E-state index contributed by atoms with van der Waals surface area (Å²) in [6.45, 7) is 1.27. The van der Waals surface area contributed by atoms with Crippen molar-refractivity contribution in [3.05, 3.63) is 23.2 Å². The molecule has 0 amide bonds. The molecular weight excluding hydrogens is 294 g/mol. The van der Waals surface area contributed by atoms with E-state index in [0.29, 0.717) is 0 Å². The highest BCUT2D eigenvalue weighted by Gasteiger charge is 2.31. The van der Waals surface area contributed by atoms with Crippen molar-refractivity contribution in [1.82, 2.24) is 0 Å². The van der Waals surface area contributed by atoms with Gasteiger partial charge >= 0.3 is 5.97 Å². The van der Waals surface area contributed by atoms with E-state index in [1.807, 2.05) is 0 Å². The molecule has 1 aromatic carbocycles. The molecule has 0 saturated heterocycles. The Morgan fingerprint density at radius 1 is 1.47 bits per heavy atom. The average Bonchev–Trinajstić information content (AvgIpc) is 2.27. The quantitative estimate of drug-likeness (QED) is 0.893. The summed E-state index contributed by atoms with van der Waals surface area (Å²) >= 11 is 5.83. The maximum absolute atomic E-state index is 11.8. The Labute approximate surface area is 116 Å². The van der Waals surface area contributed by atoms with Gasteiger partial charge in [-0.1, -0.05) is 11.6 Å². The lowest BCUT2D eigenvalue weighted by Gasteiger charge is -2.27. The Bertz CT molecular complexity index is 587. The van der Waals surface area contributed by atoms with Crippen LogP contribution in [0.3, 0.4) is 0 Å². The first kappa shape index (κ1) is 15.6. The van der Waals surface area contributed by atoms with Gasteiger partial charge in [0.25, 0.3) is 0 Å². The van der Waals surface area contributed by atoms with Gasteiger partial charge in [-0.15, -0.1) is 0 Å². The molecule has 106 valence electrons. The van der Waals surface area contributed by atoms with Crippen LogP contribution in [-0.4, -0.2) is 38.9 Å². The van der Waals surface area contributed by atoms with E-state index in [2.05, 4.69) is 0 Å². The van der Waals surface area contributed by atoms with Crippen molar-refractivity contribution < 1.29 is 23.1 Å². The highest BCUT2D eigenvalue weighted by Crippen LogP contribution is 2.34. The lowest BCUT2D eigenvalue weighted by molar-refractivity contribution is -0.137. The number of methoxy groups -OCH3 is 1. The number of rotatable bonds is 5. The van der Waals surface area contributed by atoms with E-state index in [0.717, 1.165) is 10.6 Å². The van der Waals surface area contributed by atoms with Crippen molar-refractivity contribution in [3.8, 4) is 5.75 Å². The summed E-state index contributed by atoms with van der Waals surface area (Å²) in [4.78, 5) is 11.1. The number of aliphatic carboxylic acids is 1. The monoisotopic (exact) mass is 307 g/mol. The fraction of sp³-hybridized carbons (Fsp3) is 0.364. The summed E-state index contributed by atoms with van der Waals surface area (Å²) in [5, 5.41) is 9.31. The van der Waals surface area contributed by atoms with Crippen LogP contribution in [0.25, 0.3) is 0 Å². The van der Waals surface area contributed by atoms with Crippen molar-refractivity contribution in [2.45, 2.75) is 13.0 Å². The number of anilines is 1. The van der Waals surface area contributed by atoms with Crippen LogP contribution in [0, 0.1) is 0 Å². The van der Waals surface area contributed by atoms with E-state index in [9.17, 15) is 13.2 Å². The van der Waals surface area contributed by atoms with E-state index < -0.39 is 22.0 Å². The SMILES string of the molecule is COc1ccc(Cl)cc1N([C@H](C)C(=O)O)S(C)(=O)=O. The third-order valence-electron chi connectivity index (χ3n) is 2.44. The first-order chi connectivity index (χ1) is 8.68. The van der Waals surface area contributed by atoms with Gasteiger partial charge in [0.05, 0.1) is 19.1 Å². The normalized spacial score (nSPS) is 12.8. The Hall–Kier alpha value is -1.47. The molecule has 0 radical (unpaired) electrons. The molecule has 0 aliphatic rings. The van der Waals surface area contributed by atoms with Crippen molar-refractivity contribution in [2.75, 3.05) is 17.7 Å². The van der Waals surface area contributed by atoms with Gasteiger partial charge in [0.15, 0.2) is 0 Å². The number of nitrogens with zero attached hydrogens (tertiary/aromatic N) is 1. The molecule has 0 aliphatic carbocycles. The van der Waals surface area contributed by atoms with Crippen LogP contribution >= 0.6 is 11.6 Å². The van der Waals surface area contributed by atoms with Crippen LogP contribution in [0.5, 0.6) is 5.75 Å². The molecule has 1 aromatic rings. The summed E-state index contributed by atoms with van der Waals surface area (Å²) in [7, 11) is -2.44. The number of hydrogen-bond donors (Lipinski definition) is 1. The zero-order valence-electron chi connectivity index (χ0n) is 10.6. The maximum atomic E-state index is 11.8. The standard InChI is InChI=1S/C11H14ClNO5S/c1-7(11(14)15)13(19(3,16)17)9-6-8(12)4-5-10(9)18-2/h4-7H,1-3H3,(H,14,15)/t7-/m1/s1. The summed E-state index contributed by atoms with van der Waals surface area (Å²) in [6, 6.07) is 3.07. The Morgan fingerprint density at radius 3 is 2.47 bits per heavy atom. The molecule has 6 nitrogen and oxygen atoms in total. The highest BCUT2D eigenvalue weighted by atomic mass is 35.5. The lowest BCUT2D eigenvalue weighted by Crippen LogP contribution is -2.43. The number of carboxylic acid groups (broad SMARTS) is 1. The van der Waals surface area contributed by atoms with Gasteiger partial charge in [-0.25, -0.2) is 13.2 Å². The fourth-order valence-electron chi connectivity index (χ4n) is 1.61. The van der Waals surface area contributed by atoms with Crippen molar-refractivity contribution in [2.24, 2.45) is 0 Å². The Morgan fingerprint density at radius 2 is 2.05 bits per heavy atom. The minimum absolute atomic E-state index is 0.0902. The second kappa shape index (κ2) is 5.66. The number of benzene rings is 1. The Balaban J connectivity index is 3.50. The number of hydrogen-bond acceptors (Lipinski definition) is 4. The molecule has 1 N–H and O–H groups in total. The van der Waals surface area contributed by atoms with Gasteiger partial charge in [0.1, 0.15) is 11.8 Å². The van der Waals surface area contributed by atoms with E-state index in [1.165, 1.54) is 32.2 Å². The summed E-state index contributed by atoms with van der Waals surface area (Å²) < 4.78 is 29.5. The summed E-state index contributed by atoms with van der Waals surface area (Å²) in [6.07, 6.45) is 0.923. The number of carboxylic acids is 1. The predicted molar refractivity (Wildman–Crippen MR) is 72.4 cm³/mol. The number of sulfonamides is 1. The molecule has 0 unspecified atom stereocenters. The molecule has 0 saturated carbocycles. The topological polar surface area (TPSA) is 83.9 Å². The molecule has 8 heteroatoms.